The lowest BCUT2D eigenvalue weighted by molar-refractivity contribution is -0.159. The molecule has 1 aliphatic carbocycles. The molecule has 0 bridgehead atoms. The lowest BCUT2D eigenvalue weighted by Crippen LogP contribution is -2.29. The van der Waals surface area contributed by atoms with E-state index >= 15 is 0 Å². The zero-order chi connectivity index (χ0) is 33.2. The highest BCUT2D eigenvalue weighted by atomic mass is 32.1. The van der Waals surface area contributed by atoms with E-state index in [2.05, 4.69) is 10.6 Å². The number of aromatic carboxylic acids is 1. The first-order chi connectivity index (χ1) is 22.0. The van der Waals surface area contributed by atoms with Crippen LogP contribution in [0, 0.1) is 0 Å². The molecular weight excluding hydrogens is 614 g/mol. The summed E-state index contributed by atoms with van der Waals surface area (Å²) in [5.74, 6) is -2.96. The number of carboxylic acids is 2. The van der Waals surface area contributed by atoms with Gasteiger partial charge in [0, 0.05) is 59.6 Å². The lowest BCUT2D eigenvalue weighted by Gasteiger charge is -2.18. The number of rotatable bonds is 14. The van der Waals surface area contributed by atoms with E-state index in [1.165, 1.54) is 30.3 Å². The van der Waals surface area contributed by atoms with Gasteiger partial charge >= 0.3 is 11.9 Å². The van der Waals surface area contributed by atoms with Crippen molar-refractivity contribution in [3.05, 3.63) is 82.5 Å². The Morgan fingerprint density at radius 2 is 1.59 bits per heavy atom. The number of nitrogens with zero attached hydrogens (tertiary/aromatic N) is 1. The van der Waals surface area contributed by atoms with E-state index in [4.69, 9.17) is 21.7 Å². The number of carbonyl (C=O) groups is 3. The summed E-state index contributed by atoms with van der Waals surface area (Å²) in [6.07, 6.45) is 6.47. The fraction of sp³-hybridized carbons (Fsp3) is 0.242. The van der Waals surface area contributed by atoms with Crippen LogP contribution in [-0.4, -0.2) is 61.6 Å². The van der Waals surface area contributed by atoms with Gasteiger partial charge < -0.3 is 30.4 Å². The number of thiocarbonyl (C=S) groups is 1. The number of hydrogen-bond acceptors (Lipinski definition) is 8. The lowest BCUT2D eigenvalue weighted by atomic mass is 9.90. The zero-order valence-corrected chi connectivity index (χ0v) is 25.5. The summed E-state index contributed by atoms with van der Waals surface area (Å²) in [6, 6.07) is 13.7. The summed E-state index contributed by atoms with van der Waals surface area (Å²) >= 11 is 5.41. The van der Waals surface area contributed by atoms with E-state index in [0.29, 0.717) is 62.6 Å². The van der Waals surface area contributed by atoms with Crippen LogP contribution in [0.4, 0.5) is 5.69 Å². The molecule has 0 atom stereocenters. The predicted molar refractivity (Wildman–Crippen MR) is 175 cm³/mol. The minimum atomic E-state index is -1.26. The van der Waals surface area contributed by atoms with Gasteiger partial charge in [0.05, 0.1) is 5.56 Å². The Morgan fingerprint density at radius 1 is 0.870 bits per heavy atom. The summed E-state index contributed by atoms with van der Waals surface area (Å²) < 4.78 is 5.87. The van der Waals surface area contributed by atoms with Crippen LogP contribution in [0.2, 0.25) is 0 Å². The fourth-order valence-electron chi connectivity index (χ4n) is 4.98. The van der Waals surface area contributed by atoms with Crippen molar-refractivity contribution in [3.8, 4) is 28.2 Å². The molecule has 0 saturated heterocycles. The van der Waals surface area contributed by atoms with Crippen LogP contribution in [0.1, 0.15) is 48.9 Å². The highest BCUT2D eigenvalue weighted by Gasteiger charge is 2.22. The number of phenolic OH excluding ortho intramolecular Hbond substituents is 1. The van der Waals surface area contributed by atoms with Gasteiger partial charge in [0.15, 0.2) is 10.5 Å². The normalized spacial score (nSPS) is 11.2. The smallest absolute Gasteiger partial charge is 0.336 e. The van der Waals surface area contributed by atoms with Crippen molar-refractivity contribution < 1.29 is 39.3 Å². The van der Waals surface area contributed by atoms with Gasteiger partial charge in [-0.2, -0.15) is 0 Å². The third-order valence-corrected chi connectivity index (χ3v) is 7.41. The maximum atomic E-state index is 12.4. The number of carbonyl (C=O) groups excluding carboxylic acids is 1. The number of anilines is 1. The minimum Gasteiger partial charge on any atom is -0.508 e. The van der Waals surface area contributed by atoms with E-state index in [1.54, 1.807) is 24.3 Å². The average molecular weight is 648 g/mol. The Kier molecular flexibility index (Phi) is 11.4. The molecule has 240 valence electrons. The van der Waals surface area contributed by atoms with Gasteiger partial charge in [-0.3, -0.25) is 14.8 Å². The summed E-state index contributed by atoms with van der Waals surface area (Å²) in [4.78, 5) is 46.4. The fourth-order valence-corrected chi connectivity index (χ4v) is 5.20. The first kappa shape index (κ1) is 33.6. The SMILES string of the molecule is O=C(O)C=CC(=O)N(O)CCCCCCCCNC(=S)Nc1ccc(-c2c3ccc(=O)cc-3oc3cc(O)ccc23)c(C(=O)O)c1. The van der Waals surface area contributed by atoms with Crippen LogP contribution in [0.15, 0.2) is 76.0 Å². The van der Waals surface area contributed by atoms with Crippen LogP contribution in [-0.2, 0) is 9.59 Å². The van der Waals surface area contributed by atoms with Gasteiger partial charge in [0.1, 0.15) is 17.1 Å². The minimum absolute atomic E-state index is 0.00582. The number of nitrogens with one attached hydrogen (secondary N) is 2. The topological polar surface area (TPSA) is 190 Å². The van der Waals surface area contributed by atoms with Crippen molar-refractivity contribution in [1.29, 1.82) is 0 Å². The van der Waals surface area contributed by atoms with Crippen molar-refractivity contribution in [2.45, 2.75) is 38.5 Å². The van der Waals surface area contributed by atoms with E-state index in [9.17, 15) is 34.6 Å². The second-order valence-electron chi connectivity index (χ2n) is 10.5. The third-order valence-electron chi connectivity index (χ3n) is 7.16. The molecule has 0 radical (unpaired) electrons. The number of phenols is 1. The molecule has 2 aliphatic rings. The van der Waals surface area contributed by atoms with Crippen LogP contribution in [0.5, 0.6) is 5.75 Å². The standard InChI is InChI=1S/C33H33N3O9S/c37-21-8-11-24-27(18-21)45-28-19-22(38)9-12-25(28)31(24)23-10-7-20(17-26(23)32(42)43)35-33(46)34-15-5-3-1-2-4-6-16-36(44)29(39)13-14-30(40)41/h7-14,17-19,37,44H,1-6,15-16H2,(H,40,41)(H,42,43)(H2,34,35,46). The Bertz CT molecular complexity index is 1820. The van der Waals surface area contributed by atoms with Crippen molar-refractivity contribution >= 4 is 51.8 Å². The number of hydroxylamine groups is 2. The van der Waals surface area contributed by atoms with Crippen LogP contribution in [0.25, 0.3) is 33.4 Å². The second kappa shape index (κ2) is 15.6. The van der Waals surface area contributed by atoms with Crippen LogP contribution in [0.3, 0.4) is 0 Å². The number of fused-ring (bicyclic) bond motifs is 2. The number of hydrogen-bond donors (Lipinski definition) is 6. The maximum absolute atomic E-state index is 12.4. The molecule has 0 spiro atoms. The molecule has 0 fully saturated rings. The summed E-state index contributed by atoms with van der Waals surface area (Å²) in [6.45, 7) is 0.723. The average Bonchev–Trinajstić information content (AvgIpc) is 3.01. The number of aliphatic carboxylic acids is 1. The summed E-state index contributed by atoms with van der Waals surface area (Å²) in [5, 5.41) is 45.8. The predicted octanol–water partition coefficient (Wildman–Crippen LogP) is 5.45. The largest absolute Gasteiger partial charge is 0.508 e. The Morgan fingerprint density at radius 3 is 2.33 bits per heavy atom. The Hall–Kier alpha value is -5.27. The number of aromatic hydroxyl groups is 1. The van der Waals surface area contributed by atoms with E-state index in [-0.39, 0.29) is 29.0 Å². The van der Waals surface area contributed by atoms with Crippen molar-refractivity contribution in [2.24, 2.45) is 0 Å². The molecule has 1 aliphatic heterocycles. The first-order valence-corrected chi connectivity index (χ1v) is 15.0. The summed E-state index contributed by atoms with van der Waals surface area (Å²) in [7, 11) is 0. The molecule has 12 nitrogen and oxygen atoms in total. The molecule has 46 heavy (non-hydrogen) atoms. The van der Waals surface area contributed by atoms with Gasteiger partial charge in [-0.05, 0) is 67.0 Å². The third kappa shape index (κ3) is 8.89. The Balaban J connectivity index is 1.31. The van der Waals surface area contributed by atoms with E-state index < -0.39 is 17.8 Å². The monoisotopic (exact) mass is 647 g/mol. The van der Waals surface area contributed by atoms with Crippen molar-refractivity contribution in [1.82, 2.24) is 10.4 Å². The number of benzene rings is 3. The molecule has 1 amide bonds. The number of carboxylic acid groups (broad SMARTS) is 2. The highest BCUT2D eigenvalue weighted by molar-refractivity contribution is 7.80. The van der Waals surface area contributed by atoms with Gasteiger partial charge in [0.2, 0.25) is 0 Å². The van der Waals surface area contributed by atoms with Gasteiger partial charge in [-0.15, -0.1) is 0 Å². The molecular formula is C33H33N3O9S. The van der Waals surface area contributed by atoms with E-state index in [0.717, 1.165) is 38.2 Å². The van der Waals surface area contributed by atoms with Gasteiger partial charge in [-0.1, -0.05) is 31.7 Å². The highest BCUT2D eigenvalue weighted by Crippen LogP contribution is 2.42. The van der Waals surface area contributed by atoms with Gasteiger partial charge in [-0.25, -0.2) is 14.7 Å². The molecule has 6 N–H and O–H groups in total. The second-order valence-corrected chi connectivity index (χ2v) is 10.9. The number of amides is 1. The molecule has 2 aromatic carbocycles. The van der Waals surface area contributed by atoms with Crippen LogP contribution < -0.4 is 16.1 Å². The molecule has 13 heteroatoms. The molecule has 0 unspecified atom stereocenters. The maximum Gasteiger partial charge on any atom is 0.336 e. The molecule has 0 aromatic heterocycles. The molecule has 2 aromatic rings. The van der Waals surface area contributed by atoms with Gasteiger partial charge in [0.25, 0.3) is 5.91 Å². The van der Waals surface area contributed by atoms with Crippen molar-refractivity contribution in [3.63, 3.8) is 0 Å². The Labute approximate surface area is 268 Å². The molecule has 1 heterocycles. The zero-order valence-electron chi connectivity index (χ0n) is 24.7. The number of unbranched alkanes of at least 4 members (excludes halogenated alkanes) is 5. The first-order valence-electron chi connectivity index (χ1n) is 14.6. The van der Waals surface area contributed by atoms with Crippen molar-refractivity contribution in [2.75, 3.05) is 18.4 Å². The summed E-state index contributed by atoms with van der Waals surface area (Å²) in [5.41, 5.74) is 2.02. The quantitative estimate of drug-likeness (QED) is 0.0254. The molecule has 0 saturated carbocycles. The van der Waals surface area contributed by atoms with Crippen LogP contribution >= 0.6 is 12.2 Å². The molecule has 4 rings (SSSR count). The van der Waals surface area contributed by atoms with E-state index in [1.807, 2.05) is 0 Å².